The van der Waals surface area contributed by atoms with Gasteiger partial charge in [-0.05, 0) is 12.8 Å². The second-order valence-corrected chi connectivity index (χ2v) is 7.12. The van der Waals surface area contributed by atoms with E-state index < -0.39 is 69.1 Å². The van der Waals surface area contributed by atoms with Crippen molar-refractivity contribution in [2.75, 3.05) is 6.61 Å². The Morgan fingerprint density at radius 2 is 1.68 bits per heavy atom. The molecular weight excluding hydrogens is 405 g/mol. The van der Waals surface area contributed by atoms with Crippen molar-refractivity contribution in [3.63, 3.8) is 0 Å². The van der Waals surface area contributed by atoms with Gasteiger partial charge in [0, 0.05) is 12.8 Å². The summed E-state index contributed by atoms with van der Waals surface area (Å²) in [5.41, 5.74) is 5.21. The van der Waals surface area contributed by atoms with Gasteiger partial charge in [-0.3, -0.25) is 18.9 Å². The Hall–Kier alpha value is -2.38. The number of nitrogens with two attached hydrogens (primary N) is 1. The van der Waals surface area contributed by atoms with Gasteiger partial charge in [0.15, 0.2) is 6.04 Å². The van der Waals surface area contributed by atoms with E-state index in [2.05, 4.69) is 4.52 Å². The van der Waals surface area contributed by atoms with E-state index >= 15 is 0 Å². The second kappa shape index (κ2) is 12.2. The number of amides is 1. The lowest BCUT2D eigenvalue weighted by atomic mass is 10.1. The third kappa shape index (κ3) is 11.4. The molecule has 0 fully saturated rings. The maximum Gasteiger partial charge on any atom is 0.403 e. The van der Waals surface area contributed by atoms with Crippen LogP contribution in [-0.4, -0.2) is 75.0 Å². The van der Waals surface area contributed by atoms with Crippen molar-refractivity contribution >= 4 is 37.8 Å². The van der Waals surface area contributed by atoms with Crippen molar-refractivity contribution in [3.05, 3.63) is 0 Å². The summed E-state index contributed by atoms with van der Waals surface area (Å²) in [5.74, 6) is -5.06. The molecule has 0 radical (unpaired) electrons. The van der Waals surface area contributed by atoms with Gasteiger partial charge in [-0.25, -0.2) is 14.4 Å². The molecule has 0 rings (SSSR count). The number of rotatable bonds is 15. The Labute approximate surface area is 158 Å². The highest BCUT2D eigenvalue weighted by Crippen LogP contribution is 2.37. The summed E-state index contributed by atoms with van der Waals surface area (Å²) in [5, 5.41) is 30.0. The van der Waals surface area contributed by atoms with Crippen LogP contribution < -0.4 is 16.1 Å². The summed E-state index contributed by atoms with van der Waals surface area (Å²) < 4.78 is 16.4. The summed E-state index contributed by atoms with van der Waals surface area (Å²) in [6, 6.07) is -4.40. The van der Waals surface area contributed by atoms with Gasteiger partial charge >= 0.3 is 25.7 Å². The first-order valence-corrected chi connectivity index (χ1v) is 9.38. The molecule has 0 heterocycles. The van der Waals surface area contributed by atoms with Gasteiger partial charge in [-0.2, -0.15) is 0 Å². The monoisotopic (exact) mass is 427 g/mol. The van der Waals surface area contributed by atoms with Crippen molar-refractivity contribution in [2.45, 2.75) is 43.8 Å². The second-order valence-electron chi connectivity index (χ2n) is 5.56. The standard InChI is InChI=1S/C13H22N3O11P/c14-8(12(21)22)2-3-10(18)15-9(13(23)24)6-27-28(25,26)16-7(5-17)1-4-11(19)20/h5,7-9H,1-4,6,14H2,(H,15,18)(H,19,20)(H,21,22)(H,23,24)(H2,16,25,26)/t7-,8?,9-/m0/s1. The summed E-state index contributed by atoms with van der Waals surface area (Å²) in [6.07, 6.45) is -1.26. The van der Waals surface area contributed by atoms with Crippen molar-refractivity contribution in [1.82, 2.24) is 10.4 Å². The van der Waals surface area contributed by atoms with Crippen LogP contribution in [0.3, 0.4) is 0 Å². The third-order valence-electron chi connectivity index (χ3n) is 3.21. The zero-order valence-corrected chi connectivity index (χ0v) is 15.4. The molecule has 0 aliphatic heterocycles. The van der Waals surface area contributed by atoms with Gasteiger partial charge in [0.25, 0.3) is 0 Å². The predicted octanol–water partition coefficient (Wildman–Crippen LogP) is -2.11. The van der Waals surface area contributed by atoms with E-state index in [0.29, 0.717) is 0 Å². The highest BCUT2D eigenvalue weighted by atomic mass is 31.2. The van der Waals surface area contributed by atoms with Crippen LogP contribution in [0, 0.1) is 0 Å². The number of aliphatic carboxylic acids is 3. The van der Waals surface area contributed by atoms with E-state index in [1.807, 2.05) is 10.4 Å². The van der Waals surface area contributed by atoms with E-state index in [9.17, 15) is 33.4 Å². The Morgan fingerprint density at radius 3 is 2.14 bits per heavy atom. The number of carboxylic acid groups (broad SMARTS) is 3. The van der Waals surface area contributed by atoms with E-state index in [4.69, 9.17) is 21.1 Å². The lowest BCUT2D eigenvalue weighted by Crippen LogP contribution is -2.44. The quantitative estimate of drug-likeness (QED) is 0.109. The van der Waals surface area contributed by atoms with Crippen LogP contribution in [0.2, 0.25) is 0 Å². The number of carbonyl (C=O) groups excluding carboxylic acids is 2. The Bertz CT molecular complexity index is 641. The molecule has 0 aromatic carbocycles. The first-order chi connectivity index (χ1) is 12.9. The lowest BCUT2D eigenvalue weighted by molar-refractivity contribution is -0.143. The number of nitrogens with one attached hydrogen (secondary N) is 2. The van der Waals surface area contributed by atoms with E-state index in [1.54, 1.807) is 0 Å². The van der Waals surface area contributed by atoms with Crippen LogP contribution >= 0.6 is 7.75 Å². The first kappa shape index (κ1) is 25.6. The molecule has 4 atom stereocenters. The summed E-state index contributed by atoms with van der Waals surface area (Å²) in [7, 11) is -4.69. The molecule has 2 unspecified atom stereocenters. The van der Waals surface area contributed by atoms with E-state index in [0.717, 1.165) is 0 Å². The topological polar surface area (TPSA) is 243 Å². The number of hydrogen-bond donors (Lipinski definition) is 7. The number of carboxylic acids is 3. The van der Waals surface area contributed by atoms with Gasteiger partial charge in [-0.1, -0.05) is 0 Å². The number of aldehydes is 1. The highest BCUT2D eigenvalue weighted by Gasteiger charge is 2.29. The normalized spacial score (nSPS) is 16.2. The van der Waals surface area contributed by atoms with Gasteiger partial charge in [-0.15, -0.1) is 0 Å². The zero-order valence-electron chi connectivity index (χ0n) is 14.5. The molecule has 0 bridgehead atoms. The van der Waals surface area contributed by atoms with E-state index in [-0.39, 0.29) is 19.1 Å². The Kier molecular flexibility index (Phi) is 11.1. The maximum absolute atomic E-state index is 11.9. The van der Waals surface area contributed by atoms with Crippen LogP contribution in [0.25, 0.3) is 0 Å². The molecule has 8 N–H and O–H groups in total. The summed E-state index contributed by atoms with van der Waals surface area (Å²) in [4.78, 5) is 64.2. The van der Waals surface area contributed by atoms with Crippen LogP contribution in [-0.2, 0) is 33.1 Å². The fourth-order valence-electron chi connectivity index (χ4n) is 1.72. The average molecular weight is 427 g/mol. The van der Waals surface area contributed by atoms with Crippen LogP contribution in [0.1, 0.15) is 25.7 Å². The number of hydrogen-bond acceptors (Lipinski definition) is 8. The maximum atomic E-state index is 11.9. The molecule has 14 nitrogen and oxygen atoms in total. The fourth-order valence-corrected chi connectivity index (χ4v) is 2.75. The van der Waals surface area contributed by atoms with Crippen molar-refractivity contribution in [2.24, 2.45) is 5.73 Å². The molecule has 0 saturated carbocycles. The first-order valence-electron chi connectivity index (χ1n) is 7.80. The SMILES string of the molecule is NC(CCC(=O)N[C@@H](COP(=O)(O)N[C@H](C=O)CCC(=O)O)C(=O)O)C(=O)O. The summed E-state index contributed by atoms with van der Waals surface area (Å²) in [6.45, 7) is -0.961. The molecule has 0 saturated heterocycles. The van der Waals surface area contributed by atoms with E-state index in [1.165, 1.54) is 0 Å². The van der Waals surface area contributed by atoms with Gasteiger partial charge in [0.05, 0.1) is 12.6 Å². The van der Waals surface area contributed by atoms with Gasteiger partial charge in [0.2, 0.25) is 5.91 Å². The molecule has 1 amide bonds. The highest BCUT2D eigenvalue weighted by molar-refractivity contribution is 7.50. The van der Waals surface area contributed by atoms with Crippen molar-refractivity contribution in [1.29, 1.82) is 0 Å². The van der Waals surface area contributed by atoms with Crippen LogP contribution in [0.4, 0.5) is 0 Å². The summed E-state index contributed by atoms with van der Waals surface area (Å²) >= 11 is 0. The predicted molar refractivity (Wildman–Crippen MR) is 90.0 cm³/mol. The molecule has 0 aliphatic rings. The van der Waals surface area contributed by atoms with Crippen LogP contribution in [0.15, 0.2) is 0 Å². The van der Waals surface area contributed by atoms with Gasteiger partial charge in [0.1, 0.15) is 12.3 Å². The lowest BCUT2D eigenvalue weighted by Gasteiger charge is -2.20. The minimum Gasteiger partial charge on any atom is -0.481 e. The minimum absolute atomic E-state index is 0.192. The number of carbonyl (C=O) groups is 5. The molecule has 28 heavy (non-hydrogen) atoms. The largest absolute Gasteiger partial charge is 0.481 e. The molecule has 15 heteroatoms. The molecule has 0 aliphatic carbocycles. The zero-order chi connectivity index (χ0) is 21.9. The van der Waals surface area contributed by atoms with Crippen LogP contribution in [0.5, 0.6) is 0 Å². The van der Waals surface area contributed by atoms with Gasteiger partial charge < -0.3 is 36.1 Å². The average Bonchev–Trinajstić information content (AvgIpc) is 2.59. The third-order valence-corrected chi connectivity index (χ3v) is 4.37. The van der Waals surface area contributed by atoms with Crippen molar-refractivity contribution in [3.8, 4) is 0 Å². The molecule has 0 aromatic heterocycles. The smallest absolute Gasteiger partial charge is 0.403 e. The molecular formula is C13H22N3O11P. The molecule has 0 aromatic rings. The van der Waals surface area contributed by atoms with Crippen molar-refractivity contribution < 1.29 is 53.3 Å². The molecule has 0 spiro atoms. The molecule has 160 valence electrons. The minimum atomic E-state index is -4.69. The Balaban J connectivity index is 4.66. The fraction of sp³-hybridized carbons (Fsp3) is 0.615. The Morgan fingerprint density at radius 1 is 1.07 bits per heavy atom.